The Balaban J connectivity index is 2.01. The lowest BCUT2D eigenvalue weighted by molar-refractivity contribution is 0.185. The Kier molecular flexibility index (Phi) is 4.60. The van der Waals surface area contributed by atoms with Crippen LogP contribution in [0.2, 0.25) is 0 Å². The summed E-state index contributed by atoms with van der Waals surface area (Å²) in [5.74, 6) is 0.708. The molecule has 2 unspecified atom stereocenters. The number of methoxy groups -OCH3 is 1. The molecule has 0 amide bonds. The van der Waals surface area contributed by atoms with Gasteiger partial charge in [0.2, 0.25) is 0 Å². The number of rotatable bonds is 5. The first-order valence-electron chi connectivity index (χ1n) is 6.96. The molecule has 18 heavy (non-hydrogen) atoms. The fourth-order valence-corrected chi connectivity index (χ4v) is 3.02. The number of hydrogen-bond donors (Lipinski definition) is 0. The third-order valence-electron chi connectivity index (χ3n) is 4.08. The molecule has 1 heteroatoms. The highest BCUT2D eigenvalue weighted by atomic mass is 16.5. The predicted molar refractivity (Wildman–Crippen MR) is 76.8 cm³/mol. The molecular formula is C17H24O. The maximum atomic E-state index is 5.15. The average molecular weight is 244 g/mol. The molecule has 0 saturated carbocycles. The molecule has 0 saturated heterocycles. The summed E-state index contributed by atoms with van der Waals surface area (Å²) in [5, 5.41) is 0. The van der Waals surface area contributed by atoms with Gasteiger partial charge >= 0.3 is 0 Å². The second-order valence-corrected chi connectivity index (χ2v) is 5.66. The van der Waals surface area contributed by atoms with Gasteiger partial charge in [0.25, 0.3) is 0 Å². The molecule has 0 bridgehead atoms. The second kappa shape index (κ2) is 6.19. The quantitative estimate of drug-likeness (QED) is 0.553. The summed E-state index contributed by atoms with van der Waals surface area (Å²) in [4.78, 5) is 0. The zero-order valence-corrected chi connectivity index (χ0v) is 11.6. The third-order valence-corrected chi connectivity index (χ3v) is 4.08. The van der Waals surface area contributed by atoms with Crippen LogP contribution in [0.5, 0.6) is 0 Å². The minimum atomic E-state index is 0.313. The molecule has 1 aliphatic rings. The minimum absolute atomic E-state index is 0.313. The fourth-order valence-electron chi connectivity index (χ4n) is 3.02. The summed E-state index contributed by atoms with van der Waals surface area (Å²) >= 11 is 0. The molecule has 0 N–H and O–H groups in total. The van der Waals surface area contributed by atoms with Crippen LogP contribution in [0.15, 0.2) is 42.5 Å². The van der Waals surface area contributed by atoms with Crippen LogP contribution in [0.3, 0.4) is 0 Å². The number of ether oxygens (including phenoxy) is 1. The smallest absolute Gasteiger partial charge is 0.0462 e. The molecule has 0 aromatic heterocycles. The normalized spacial score (nSPS) is 27.3. The summed E-state index contributed by atoms with van der Waals surface area (Å²) < 4.78 is 5.15. The van der Waals surface area contributed by atoms with Crippen LogP contribution in [-0.4, -0.2) is 13.7 Å². The Labute approximate surface area is 111 Å². The molecule has 1 aliphatic carbocycles. The van der Waals surface area contributed by atoms with Crippen LogP contribution in [0.1, 0.15) is 38.2 Å². The van der Waals surface area contributed by atoms with Crippen LogP contribution >= 0.6 is 0 Å². The van der Waals surface area contributed by atoms with Gasteiger partial charge in [0.1, 0.15) is 0 Å². The first-order valence-corrected chi connectivity index (χ1v) is 6.96. The Morgan fingerprint density at radius 2 is 2.06 bits per heavy atom. The average Bonchev–Trinajstić information content (AvgIpc) is 2.40. The first-order chi connectivity index (χ1) is 8.74. The minimum Gasteiger partial charge on any atom is -0.385 e. The van der Waals surface area contributed by atoms with Crippen LogP contribution in [-0.2, 0) is 10.2 Å². The Morgan fingerprint density at radius 3 is 2.78 bits per heavy atom. The van der Waals surface area contributed by atoms with Gasteiger partial charge in [-0.2, -0.15) is 0 Å². The molecule has 1 nitrogen and oxygen atoms in total. The van der Waals surface area contributed by atoms with E-state index in [1.807, 2.05) is 0 Å². The molecule has 0 spiro atoms. The van der Waals surface area contributed by atoms with Gasteiger partial charge in [0.15, 0.2) is 0 Å². The van der Waals surface area contributed by atoms with Gasteiger partial charge in [0, 0.05) is 13.7 Å². The highest BCUT2D eigenvalue weighted by Crippen LogP contribution is 2.39. The Bertz CT molecular complexity index is 382. The first kappa shape index (κ1) is 13.4. The zero-order valence-electron chi connectivity index (χ0n) is 11.6. The van der Waals surface area contributed by atoms with E-state index in [0.29, 0.717) is 11.3 Å². The van der Waals surface area contributed by atoms with E-state index >= 15 is 0 Å². The highest BCUT2D eigenvalue weighted by Gasteiger charge is 2.30. The lowest BCUT2D eigenvalue weighted by Crippen LogP contribution is -2.27. The van der Waals surface area contributed by atoms with Gasteiger partial charge in [-0.3, -0.25) is 0 Å². The van der Waals surface area contributed by atoms with Crippen molar-refractivity contribution < 1.29 is 4.74 Å². The summed E-state index contributed by atoms with van der Waals surface area (Å²) in [6.45, 7) is 3.28. The number of benzene rings is 1. The largest absolute Gasteiger partial charge is 0.385 e. The molecule has 2 atom stereocenters. The maximum absolute atomic E-state index is 5.15. The van der Waals surface area contributed by atoms with E-state index in [1.165, 1.54) is 18.4 Å². The Morgan fingerprint density at radius 1 is 1.28 bits per heavy atom. The summed E-state index contributed by atoms with van der Waals surface area (Å²) in [5.41, 5.74) is 1.79. The topological polar surface area (TPSA) is 9.23 Å². The van der Waals surface area contributed by atoms with Crippen molar-refractivity contribution in [3.05, 3.63) is 48.0 Å². The summed E-state index contributed by atoms with van der Waals surface area (Å²) in [7, 11) is 1.78. The van der Waals surface area contributed by atoms with Gasteiger partial charge < -0.3 is 4.74 Å². The molecule has 2 rings (SSSR count). The lowest BCUT2D eigenvalue weighted by Gasteiger charge is -2.35. The third kappa shape index (κ3) is 3.23. The van der Waals surface area contributed by atoms with E-state index in [2.05, 4.69) is 49.4 Å². The van der Waals surface area contributed by atoms with E-state index in [1.54, 1.807) is 7.11 Å². The van der Waals surface area contributed by atoms with Crippen LogP contribution in [0, 0.1) is 5.92 Å². The van der Waals surface area contributed by atoms with Crippen molar-refractivity contribution in [3.63, 3.8) is 0 Å². The van der Waals surface area contributed by atoms with Gasteiger partial charge in [-0.05, 0) is 42.6 Å². The van der Waals surface area contributed by atoms with Gasteiger partial charge in [-0.15, -0.1) is 0 Å². The lowest BCUT2D eigenvalue weighted by atomic mass is 9.69. The molecule has 0 fully saturated rings. The molecular weight excluding hydrogens is 220 g/mol. The van der Waals surface area contributed by atoms with Crippen molar-refractivity contribution in [1.82, 2.24) is 0 Å². The van der Waals surface area contributed by atoms with Crippen LogP contribution < -0.4 is 0 Å². The molecule has 98 valence electrons. The van der Waals surface area contributed by atoms with Crippen molar-refractivity contribution in [2.45, 2.75) is 38.0 Å². The molecule has 0 heterocycles. The van der Waals surface area contributed by atoms with Crippen molar-refractivity contribution in [2.24, 2.45) is 5.92 Å². The Hall–Kier alpha value is -1.08. The van der Waals surface area contributed by atoms with E-state index in [4.69, 9.17) is 4.74 Å². The van der Waals surface area contributed by atoms with Crippen LogP contribution in [0.4, 0.5) is 0 Å². The van der Waals surface area contributed by atoms with Gasteiger partial charge in [-0.25, -0.2) is 0 Å². The number of hydrogen-bond acceptors (Lipinski definition) is 1. The van der Waals surface area contributed by atoms with Gasteiger partial charge in [0.05, 0.1) is 0 Å². The molecule has 0 radical (unpaired) electrons. The fraction of sp³-hybridized carbons (Fsp3) is 0.529. The van der Waals surface area contributed by atoms with E-state index in [9.17, 15) is 0 Å². The maximum Gasteiger partial charge on any atom is 0.0462 e. The molecule has 0 aliphatic heterocycles. The summed E-state index contributed by atoms with van der Waals surface area (Å²) in [6.07, 6.45) is 9.60. The highest BCUT2D eigenvalue weighted by molar-refractivity contribution is 5.27. The second-order valence-electron chi connectivity index (χ2n) is 5.66. The van der Waals surface area contributed by atoms with Crippen LogP contribution in [0.25, 0.3) is 0 Å². The van der Waals surface area contributed by atoms with E-state index < -0.39 is 0 Å². The standard InChI is InChI=1S/C17H24O/c1-17(16-10-4-3-5-11-16)12-6-8-15(14-17)9-7-13-18-2/h3-6,8,10-11,15H,7,9,12-14H2,1-2H3. The van der Waals surface area contributed by atoms with Crippen molar-refractivity contribution in [3.8, 4) is 0 Å². The van der Waals surface area contributed by atoms with E-state index in [-0.39, 0.29) is 0 Å². The van der Waals surface area contributed by atoms with E-state index in [0.717, 1.165) is 19.4 Å². The van der Waals surface area contributed by atoms with Crippen molar-refractivity contribution >= 4 is 0 Å². The molecule has 1 aromatic rings. The van der Waals surface area contributed by atoms with Gasteiger partial charge in [-0.1, -0.05) is 49.4 Å². The monoisotopic (exact) mass is 244 g/mol. The zero-order chi connectivity index (χ0) is 12.8. The predicted octanol–water partition coefficient (Wildman–Crippen LogP) is 4.34. The number of allylic oxidation sites excluding steroid dienone is 2. The molecule has 1 aromatic carbocycles. The SMILES string of the molecule is COCCCC1C=CCC(C)(c2ccccc2)C1. The van der Waals surface area contributed by atoms with Crippen molar-refractivity contribution in [1.29, 1.82) is 0 Å². The summed E-state index contributed by atoms with van der Waals surface area (Å²) in [6, 6.07) is 10.9. The van der Waals surface area contributed by atoms with Crippen molar-refractivity contribution in [2.75, 3.05) is 13.7 Å².